The summed E-state index contributed by atoms with van der Waals surface area (Å²) in [4.78, 5) is 37.8. The molecule has 2 saturated carbocycles. The van der Waals surface area contributed by atoms with Crippen molar-refractivity contribution in [3.05, 3.63) is 29.8 Å². The highest BCUT2D eigenvalue weighted by atomic mass is 16.5. The molecule has 1 aromatic carbocycles. The van der Waals surface area contributed by atoms with Gasteiger partial charge < -0.3 is 30.1 Å². The molecule has 1 unspecified atom stereocenters. The Morgan fingerprint density at radius 2 is 2.00 bits per heavy atom. The lowest BCUT2D eigenvalue weighted by Crippen LogP contribution is -2.60. The first-order valence-electron chi connectivity index (χ1n) is 11.5. The Bertz CT molecular complexity index is 1130. The molecular weight excluding hydrogens is 442 g/mol. The highest BCUT2D eigenvalue weighted by Gasteiger charge is 2.75. The summed E-state index contributed by atoms with van der Waals surface area (Å²) in [5.41, 5.74) is -2.37. The molecule has 34 heavy (non-hydrogen) atoms. The number of phenolic OH excluding ortho intramolecular Hbond substituents is 2. The Kier molecular flexibility index (Phi) is 4.90. The van der Waals surface area contributed by atoms with Crippen molar-refractivity contribution in [2.24, 2.45) is 22.7 Å². The van der Waals surface area contributed by atoms with Crippen molar-refractivity contribution >= 4 is 23.3 Å². The number of rotatable bonds is 5. The largest absolute Gasteiger partial charge is 0.506 e. The van der Waals surface area contributed by atoms with E-state index in [1.807, 2.05) is 19.9 Å². The molecule has 4 fully saturated rings. The second-order valence-corrected chi connectivity index (χ2v) is 10.5. The van der Waals surface area contributed by atoms with Gasteiger partial charge in [0.05, 0.1) is 24.9 Å². The predicted molar refractivity (Wildman–Crippen MR) is 119 cm³/mol. The second-order valence-electron chi connectivity index (χ2n) is 10.5. The number of esters is 1. The van der Waals surface area contributed by atoms with Crippen LogP contribution in [0.25, 0.3) is 0 Å². The maximum absolute atomic E-state index is 13.1. The van der Waals surface area contributed by atoms with Gasteiger partial charge in [0, 0.05) is 29.1 Å². The third kappa shape index (κ3) is 2.89. The summed E-state index contributed by atoms with van der Waals surface area (Å²) >= 11 is 0. The third-order valence-electron chi connectivity index (χ3n) is 8.72. The first-order chi connectivity index (χ1) is 16.0. The van der Waals surface area contributed by atoms with Crippen LogP contribution < -0.4 is 5.32 Å². The number of nitrogens with one attached hydrogen (secondary N) is 1. The lowest BCUT2D eigenvalue weighted by Gasteiger charge is -2.56. The van der Waals surface area contributed by atoms with Crippen LogP contribution in [-0.4, -0.2) is 57.9 Å². The van der Waals surface area contributed by atoms with E-state index in [0.29, 0.717) is 12.8 Å². The summed E-state index contributed by atoms with van der Waals surface area (Å²) in [6, 6.07) is 2.36. The maximum Gasteiger partial charge on any atom is 0.341 e. The number of hydrogen-bond donors (Lipinski definition) is 4. The first-order valence-corrected chi connectivity index (χ1v) is 11.5. The lowest BCUT2D eigenvalue weighted by molar-refractivity contribution is -0.179. The molecule has 2 aliphatic heterocycles. The molecule has 5 aliphatic rings. The van der Waals surface area contributed by atoms with Crippen LogP contribution in [0.1, 0.15) is 49.9 Å². The molecule has 182 valence electrons. The molecule has 7 atom stereocenters. The van der Waals surface area contributed by atoms with E-state index < -0.39 is 45.9 Å². The number of carbonyl (C=O) groups excluding carboxylic acids is 3. The number of benzene rings is 1. The van der Waals surface area contributed by atoms with E-state index in [9.17, 15) is 29.7 Å². The number of aromatic hydroxyl groups is 2. The Hall–Kier alpha value is -2.91. The number of phenols is 2. The Balaban J connectivity index is 1.37. The number of ketones is 1. The smallest absolute Gasteiger partial charge is 0.341 e. The highest BCUT2D eigenvalue weighted by molar-refractivity contribution is 6.01. The molecule has 9 heteroatoms. The van der Waals surface area contributed by atoms with E-state index in [1.54, 1.807) is 6.08 Å². The van der Waals surface area contributed by atoms with Gasteiger partial charge in [-0.3, -0.25) is 9.59 Å². The van der Waals surface area contributed by atoms with E-state index >= 15 is 0 Å². The molecule has 2 saturated heterocycles. The summed E-state index contributed by atoms with van der Waals surface area (Å²) in [5, 5.41) is 34.1. The SMILES string of the molecule is COC(=O)c1ccc(O)c(NC(=O)CC[C@]2(C)C(=O)C=C[C@@]34C[C@]5(C)O[C@@H](C[C@@H]5[C@H]3O)C42)c1O. The van der Waals surface area contributed by atoms with E-state index in [1.165, 1.54) is 12.1 Å². The average Bonchev–Trinajstić information content (AvgIpc) is 3.14. The monoisotopic (exact) mass is 471 g/mol. The van der Waals surface area contributed by atoms with Gasteiger partial charge in [0.2, 0.25) is 5.91 Å². The number of amides is 1. The zero-order valence-corrected chi connectivity index (χ0v) is 19.3. The van der Waals surface area contributed by atoms with Crippen LogP contribution in [0.15, 0.2) is 24.3 Å². The van der Waals surface area contributed by atoms with Crippen LogP contribution in [-0.2, 0) is 19.1 Å². The van der Waals surface area contributed by atoms with E-state index in [2.05, 4.69) is 10.1 Å². The number of allylic oxidation sites excluding steroid dienone is 1. The average molecular weight is 472 g/mol. The standard InChI is InChI=1S/C25H29NO8/c1-23(8-7-17(29)26-18-14(27)5-4-12(19(18)30)22(32)33-3)16(28)6-9-25-11-24(2)13(21(25)31)10-15(34-24)20(23)25/h4-6,9,13,15,20-21,27,30-31H,7-8,10-11H2,1-3H3,(H,26,29)/t13-,15+,20?,21-,23-,24+,25+/m1/s1. The maximum atomic E-state index is 13.1. The van der Waals surface area contributed by atoms with Gasteiger partial charge in [0.25, 0.3) is 0 Å². The van der Waals surface area contributed by atoms with Crippen molar-refractivity contribution in [1.29, 1.82) is 0 Å². The van der Waals surface area contributed by atoms with Crippen LogP contribution in [0.4, 0.5) is 5.69 Å². The lowest BCUT2D eigenvalue weighted by atomic mass is 9.50. The molecule has 1 aromatic rings. The Morgan fingerprint density at radius 3 is 2.68 bits per heavy atom. The van der Waals surface area contributed by atoms with Gasteiger partial charge in [-0.05, 0) is 44.4 Å². The Labute approximate surface area is 196 Å². The number of anilines is 1. The van der Waals surface area contributed by atoms with E-state index in [-0.39, 0.29) is 47.8 Å². The predicted octanol–water partition coefficient (Wildman–Crippen LogP) is 2.29. The fraction of sp³-hybridized carbons (Fsp3) is 0.560. The van der Waals surface area contributed by atoms with Gasteiger partial charge in [-0.15, -0.1) is 0 Å². The van der Waals surface area contributed by atoms with Gasteiger partial charge in [0.1, 0.15) is 17.0 Å². The molecule has 6 rings (SSSR count). The molecule has 0 aromatic heterocycles. The molecule has 9 nitrogen and oxygen atoms in total. The fourth-order valence-corrected chi connectivity index (χ4v) is 7.22. The van der Waals surface area contributed by atoms with Crippen molar-refractivity contribution in [1.82, 2.24) is 0 Å². The van der Waals surface area contributed by atoms with Crippen LogP contribution in [0, 0.1) is 22.7 Å². The number of aliphatic hydroxyl groups excluding tert-OH is 1. The number of carbonyl (C=O) groups is 3. The van der Waals surface area contributed by atoms with Crippen molar-refractivity contribution in [3.8, 4) is 11.5 Å². The third-order valence-corrected chi connectivity index (χ3v) is 8.72. The summed E-state index contributed by atoms with van der Waals surface area (Å²) < 4.78 is 10.9. The number of hydrogen-bond acceptors (Lipinski definition) is 8. The normalized spacial score (nSPS) is 39.2. The topological polar surface area (TPSA) is 142 Å². The molecule has 3 aliphatic carbocycles. The van der Waals surface area contributed by atoms with Crippen LogP contribution in [0.5, 0.6) is 11.5 Å². The summed E-state index contributed by atoms with van der Waals surface area (Å²) in [6.45, 7) is 3.86. The molecule has 0 radical (unpaired) electrons. The highest BCUT2D eigenvalue weighted by Crippen LogP contribution is 2.71. The minimum atomic E-state index is -0.924. The van der Waals surface area contributed by atoms with Gasteiger partial charge in [-0.2, -0.15) is 0 Å². The van der Waals surface area contributed by atoms with Crippen LogP contribution in [0.3, 0.4) is 0 Å². The van der Waals surface area contributed by atoms with E-state index in [0.717, 1.165) is 7.11 Å². The summed E-state index contributed by atoms with van der Waals surface area (Å²) in [5.74, 6) is -2.69. The van der Waals surface area contributed by atoms with Crippen LogP contribution in [0.2, 0.25) is 0 Å². The van der Waals surface area contributed by atoms with Crippen LogP contribution >= 0.6 is 0 Å². The molecule has 4 N–H and O–H groups in total. The fourth-order valence-electron chi connectivity index (χ4n) is 7.22. The minimum Gasteiger partial charge on any atom is -0.506 e. The summed E-state index contributed by atoms with van der Waals surface area (Å²) in [7, 11) is 1.15. The van der Waals surface area contributed by atoms with Gasteiger partial charge >= 0.3 is 5.97 Å². The quantitative estimate of drug-likeness (QED) is 0.378. The molecule has 2 heterocycles. The molecule has 4 bridgehead atoms. The van der Waals surface area contributed by atoms with Crippen molar-refractivity contribution in [2.45, 2.75) is 57.3 Å². The number of methoxy groups -OCH3 is 1. The summed E-state index contributed by atoms with van der Waals surface area (Å²) in [6.07, 6.45) is 4.09. The van der Waals surface area contributed by atoms with E-state index in [4.69, 9.17) is 4.74 Å². The minimum absolute atomic E-state index is 0.0344. The number of aliphatic hydroxyl groups is 1. The molecule has 1 amide bonds. The van der Waals surface area contributed by atoms with Crippen molar-refractivity contribution in [2.75, 3.05) is 12.4 Å². The first kappa shape index (κ1) is 22.9. The Morgan fingerprint density at radius 1 is 1.26 bits per heavy atom. The van der Waals surface area contributed by atoms with Gasteiger partial charge in [-0.1, -0.05) is 13.0 Å². The number of ether oxygens (including phenoxy) is 2. The molecule has 1 spiro atoms. The second kappa shape index (κ2) is 7.29. The zero-order valence-electron chi connectivity index (χ0n) is 19.3. The van der Waals surface area contributed by atoms with Crippen molar-refractivity contribution < 1.29 is 39.2 Å². The van der Waals surface area contributed by atoms with Crippen molar-refractivity contribution in [3.63, 3.8) is 0 Å². The van der Waals surface area contributed by atoms with Gasteiger partial charge in [0.15, 0.2) is 11.5 Å². The molecular formula is C25H29NO8. The van der Waals surface area contributed by atoms with Gasteiger partial charge in [-0.25, -0.2) is 4.79 Å². The zero-order chi connectivity index (χ0) is 24.6.